The van der Waals surface area contributed by atoms with Gasteiger partial charge in [0.05, 0.1) is 17.9 Å². The fourth-order valence-corrected chi connectivity index (χ4v) is 1.32. The predicted molar refractivity (Wildman–Crippen MR) is 66.5 cm³/mol. The molecule has 1 rings (SSSR count). The molecule has 106 valence electrons. The van der Waals surface area contributed by atoms with E-state index < -0.39 is 5.97 Å². The van der Waals surface area contributed by atoms with Gasteiger partial charge in [-0.1, -0.05) is 0 Å². The topological polar surface area (TPSA) is 90.8 Å². The van der Waals surface area contributed by atoms with Crippen LogP contribution < -0.4 is 4.74 Å². The Labute approximate surface area is 111 Å². The SMILES string of the molecule is COCCCOCCOc1ncc(C(=O)O)c(C)n1. The van der Waals surface area contributed by atoms with Gasteiger partial charge in [0, 0.05) is 26.5 Å². The average molecular weight is 270 g/mol. The van der Waals surface area contributed by atoms with Gasteiger partial charge >= 0.3 is 12.0 Å². The van der Waals surface area contributed by atoms with Crippen molar-refractivity contribution in [3.63, 3.8) is 0 Å². The summed E-state index contributed by atoms with van der Waals surface area (Å²) in [7, 11) is 1.64. The summed E-state index contributed by atoms with van der Waals surface area (Å²) < 4.78 is 15.4. The van der Waals surface area contributed by atoms with E-state index in [-0.39, 0.29) is 11.6 Å². The molecule has 19 heavy (non-hydrogen) atoms. The van der Waals surface area contributed by atoms with Crippen molar-refractivity contribution >= 4 is 5.97 Å². The molecule has 0 saturated heterocycles. The van der Waals surface area contributed by atoms with Crippen LogP contribution in [0.3, 0.4) is 0 Å². The van der Waals surface area contributed by atoms with Gasteiger partial charge in [-0.05, 0) is 13.3 Å². The van der Waals surface area contributed by atoms with Crippen molar-refractivity contribution in [3.05, 3.63) is 17.5 Å². The lowest BCUT2D eigenvalue weighted by Gasteiger charge is -2.06. The molecule has 0 bridgehead atoms. The summed E-state index contributed by atoms with van der Waals surface area (Å²) in [5, 5.41) is 8.82. The molecular formula is C12H18N2O5. The molecule has 7 nitrogen and oxygen atoms in total. The first-order valence-corrected chi connectivity index (χ1v) is 5.91. The van der Waals surface area contributed by atoms with Crippen LogP contribution in [0.2, 0.25) is 0 Å². The first-order valence-electron chi connectivity index (χ1n) is 5.91. The Hall–Kier alpha value is -1.73. The van der Waals surface area contributed by atoms with Gasteiger partial charge in [0.1, 0.15) is 6.61 Å². The Bertz CT molecular complexity index is 411. The summed E-state index contributed by atoms with van der Waals surface area (Å²) in [6.07, 6.45) is 2.07. The molecule has 0 aliphatic heterocycles. The number of ether oxygens (including phenoxy) is 3. The summed E-state index contributed by atoms with van der Waals surface area (Å²) >= 11 is 0. The van der Waals surface area contributed by atoms with Crippen LogP contribution in [0.1, 0.15) is 22.5 Å². The molecule has 0 aromatic carbocycles. The number of hydrogen-bond acceptors (Lipinski definition) is 6. The van der Waals surface area contributed by atoms with Crippen LogP contribution in [0.15, 0.2) is 6.20 Å². The average Bonchev–Trinajstić information content (AvgIpc) is 2.37. The number of carbonyl (C=O) groups is 1. The Balaban J connectivity index is 2.26. The number of carboxylic acids is 1. The lowest BCUT2D eigenvalue weighted by atomic mass is 10.2. The highest BCUT2D eigenvalue weighted by molar-refractivity contribution is 5.88. The van der Waals surface area contributed by atoms with E-state index in [0.29, 0.717) is 32.1 Å². The van der Waals surface area contributed by atoms with Crippen LogP contribution in [-0.4, -0.2) is 54.6 Å². The van der Waals surface area contributed by atoms with Gasteiger partial charge in [-0.15, -0.1) is 0 Å². The first kappa shape index (κ1) is 15.3. The van der Waals surface area contributed by atoms with Gasteiger partial charge in [-0.2, -0.15) is 4.98 Å². The molecule has 1 N–H and O–H groups in total. The quantitative estimate of drug-likeness (QED) is 0.667. The maximum absolute atomic E-state index is 10.8. The Morgan fingerprint density at radius 2 is 2.11 bits per heavy atom. The molecule has 7 heteroatoms. The highest BCUT2D eigenvalue weighted by atomic mass is 16.5. The molecule has 0 atom stereocenters. The zero-order valence-corrected chi connectivity index (χ0v) is 11.1. The Morgan fingerprint density at radius 3 is 2.74 bits per heavy atom. The number of aromatic nitrogens is 2. The molecule has 0 spiro atoms. The molecule has 0 aliphatic rings. The van der Waals surface area contributed by atoms with Crippen molar-refractivity contribution < 1.29 is 24.1 Å². The van der Waals surface area contributed by atoms with Crippen molar-refractivity contribution in [1.29, 1.82) is 0 Å². The van der Waals surface area contributed by atoms with Crippen LogP contribution in [0.25, 0.3) is 0 Å². The van der Waals surface area contributed by atoms with Crippen molar-refractivity contribution in [2.45, 2.75) is 13.3 Å². The highest BCUT2D eigenvalue weighted by Gasteiger charge is 2.10. The molecule has 0 radical (unpaired) electrons. The standard InChI is InChI=1S/C12H18N2O5/c1-9-10(11(15)16)8-13-12(14-9)19-7-6-18-5-3-4-17-2/h8H,3-7H2,1-2H3,(H,15,16). The summed E-state index contributed by atoms with van der Waals surface area (Å²) in [6.45, 7) is 3.61. The summed E-state index contributed by atoms with van der Waals surface area (Å²) in [6, 6.07) is 0.156. The van der Waals surface area contributed by atoms with Crippen molar-refractivity contribution in [1.82, 2.24) is 9.97 Å². The Morgan fingerprint density at radius 1 is 1.32 bits per heavy atom. The molecule has 0 amide bonds. The zero-order valence-electron chi connectivity index (χ0n) is 11.1. The van der Waals surface area contributed by atoms with Gasteiger partial charge < -0.3 is 19.3 Å². The summed E-state index contributed by atoms with van der Waals surface area (Å²) in [5.74, 6) is -1.05. The molecule has 0 unspecified atom stereocenters. The smallest absolute Gasteiger partial charge is 0.339 e. The van der Waals surface area contributed by atoms with E-state index in [2.05, 4.69) is 9.97 Å². The fourth-order valence-electron chi connectivity index (χ4n) is 1.32. The van der Waals surface area contributed by atoms with Crippen LogP contribution in [-0.2, 0) is 9.47 Å². The number of methoxy groups -OCH3 is 1. The number of nitrogens with zero attached hydrogens (tertiary/aromatic N) is 2. The van der Waals surface area contributed by atoms with Gasteiger partial charge in [0.25, 0.3) is 0 Å². The van der Waals surface area contributed by atoms with Crippen LogP contribution in [0, 0.1) is 6.92 Å². The van der Waals surface area contributed by atoms with E-state index in [1.807, 2.05) is 0 Å². The number of aryl methyl sites for hydroxylation is 1. The number of rotatable bonds is 9. The van der Waals surface area contributed by atoms with Crippen LogP contribution >= 0.6 is 0 Å². The fraction of sp³-hybridized carbons (Fsp3) is 0.583. The normalized spacial score (nSPS) is 10.4. The second kappa shape index (κ2) is 8.39. The third-order valence-electron chi connectivity index (χ3n) is 2.28. The van der Waals surface area contributed by atoms with E-state index in [0.717, 1.165) is 6.42 Å². The minimum atomic E-state index is -1.05. The minimum Gasteiger partial charge on any atom is -0.478 e. The number of aromatic carboxylic acids is 1. The third kappa shape index (κ3) is 5.62. The largest absolute Gasteiger partial charge is 0.478 e. The third-order valence-corrected chi connectivity index (χ3v) is 2.28. The van der Waals surface area contributed by atoms with Gasteiger partial charge in [0.2, 0.25) is 0 Å². The molecule has 1 heterocycles. The monoisotopic (exact) mass is 270 g/mol. The molecule has 0 aliphatic carbocycles. The maximum atomic E-state index is 10.8. The first-order chi connectivity index (χ1) is 9.15. The van der Waals surface area contributed by atoms with Gasteiger partial charge in [0.15, 0.2) is 0 Å². The second-order valence-electron chi connectivity index (χ2n) is 3.76. The minimum absolute atomic E-state index is 0.0724. The number of carboxylic acid groups (broad SMARTS) is 1. The van der Waals surface area contributed by atoms with Crippen molar-refractivity contribution in [3.8, 4) is 6.01 Å². The van der Waals surface area contributed by atoms with Crippen LogP contribution in [0.5, 0.6) is 6.01 Å². The molecule has 1 aromatic heterocycles. The van der Waals surface area contributed by atoms with Gasteiger partial charge in [-0.25, -0.2) is 9.78 Å². The summed E-state index contributed by atoms with van der Waals surface area (Å²) in [5.41, 5.74) is 0.446. The van der Waals surface area contributed by atoms with E-state index >= 15 is 0 Å². The molecular weight excluding hydrogens is 252 g/mol. The predicted octanol–water partition coefficient (Wildman–Crippen LogP) is 0.915. The van der Waals surface area contributed by atoms with Crippen molar-refractivity contribution in [2.24, 2.45) is 0 Å². The zero-order chi connectivity index (χ0) is 14.1. The lowest BCUT2D eigenvalue weighted by molar-refractivity contribution is 0.0693. The van der Waals surface area contributed by atoms with E-state index in [9.17, 15) is 4.79 Å². The maximum Gasteiger partial charge on any atom is 0.339 e. The highest BCUT2D eigenvalue weighted by Crippen LogP contribution is 2.08. The number of hydrogen-bond donors (Lipinski definition) is 1. The molecule has 0 fully saturated rings. The van der Waals surface area contributed by atoms with Crippen molar-refractivity contribution in [2.75, 3.05) is 33.5 Å². The van der Waals surface area contributed by atoms with E-state index in [4.69, 9.17) is 19.3 Å². The Kier molecular flexibility index (Phi) is 6.76. The summed E-state index contributed by atoms with van der Waals surface area (Å²) in [4.78, 5) is 18.5. The van der Waals surface area contributed by atoms with E-state index in [1.54, 1.807) is 14.0 Å². The molecule has 1 aromatic rings. The van der Waals surface area contributed by atoms with E-state index in [1.165, 1.54) is 6.20 Å². The lowest BCUT2D eigenvalue weighted by Crippen LogP contribution is -2.11. The molecule has 0 saturated carbocycles. The van der Waals surface area contributed by atoms with Crippen LogP contribution in [0.4, 0.5) is 0 Å². The van der Waals surface area contributed by atoms with Gasteiger partial charge in [-0.3, -0.25) is 0 Å². The second-order valence-corrected chi connectivity index (χ2v) is 3.76.